The zero-order valence-electron chi connectivity index (χ0n) is 13.2. The van der Waals surface area contributed by atoms with Crippen molar-refractivity contribution in [2.45, 2.75) is 33.6 Å². The molecule has 122 valence electrons. The van der Waals surface area contributed by atoms with Gasteiger partial charge < -0.3 is 15.7 Å². The lowest BCUT2D eigenvalue weighted by Crippen LogP contribution is -2.36. The third-order valence-corrected chi connectivity index (χ3v) is 3.62. The lowest BCUT2D eigenvalue weighted by Gasteiger charge is -2.21. The first-order valence-corrected chi connectivity index (χ1v) is 7.59. The van der Waals surface area contributed by atoms with Gasteiger partial charge in [0.25, 0.3) is 0 Å². The normalized spacial score (nSPS) is 11.1. The molecule has 0 heterocycles. The van der Waals surface area contributed by atoms with Gasteiger partial charge in [-0.2, -0.15) is 0 Å². The number of aliphatic hydroxyl groups excluding tert-OH is 1. The van der Waals surface area contributed by atoms with E-state index in [0.717, 1.165) is 12.0 Å². The molecule has 0 saturated carbocycles. The van der Waals surface area contributed by atoms with Crippen molar-refractivity contribution in [3.05, 3.63) is 28.8 Å². The predicted octanol–water partition coefficient (Wildman–Crippen LogP) is 2.50. The van der Waals surface area contributed by atoms with Crippen LogP contribution in [0.3, 0.4) is 0 Å². The highest BCUT2D eigenvalue weighted by Gasteiger charge is 2.17. The Labute approximate surface area is 136 Å². The lowest BCUT2D eigenvalue weighted by atomic mass is 9.89. The molecule has 0 aliphatic rings. The summed E-state index contributed by atoms with van der Waals surface area (Å²) in [6.45, 7) is 6.19. The summed E-state index contributed by atoms with van der Waals surface area (Å²) in [5.74, 6) is -1.37. The molecule has 0 fully saturated rings. The number of carbonyl (C=O) groups is 2. The smallest absolute Gasteiger partial charge is 0.313 e. The molecular weight excluding hydrogens is 304 g/mol. The van der Waals surface area contributed by atoms with Crippen LogP contribution in [0, 0.1) is 12.3 Å². The molecule has 6 heteroatoms. The van der Waals surface area contributed by atoms with Gasteiger partial charge in [-0.25, -0.2) is 0 Å². The number of aryl methyl sites for hydroxylation is 1. The molecule has 0 aliphatic heterocycles. The first-order valence-electron chi connectivity index (χ1n) is 7.21. The lowest BCUT2D eigenvalue weighted by molar-refractivity contribution is -0.136. The fourth-order valence-corrected chi connectivity index (χ4v) is 2.10. The monoisotopic (exact) mass is 326 g/mol. The number of anilines is 1. The Hall–Kier alpha value is -1.59. The van der Waals surface area contributed by atoms with Gasteiger partial charge in [0.15, 0.2) is 0 Å². The number of aliphatic hydroxyl groups is 1. The van der Waals surface area contributed by atoms with Crippen molar-refractivity contribution in [2.24, 2.45) is 5.41 Å². The van der Waals surface area contributed by atoms with Gasteiger partial charge in [-0.05, 0) is 48.9 Å². The Balaban J connectivity index is 2.41. The van der Waals surface area contributed by atoms with Crippen LogP contribution >= 0.6 is 11.6 Å². The number of hydrogen-bond donors (Lipinski definition) is 3. The molecule has 0 saturated heterocycles. The van der Waals surface area contributed by atoms with Crippen LogP contribution in [0.4, 0.5) is 5.69 Å². The van der Waals surface area contributed by atoms with E-state index in [-0.39, 0.29) is 12.0 Å². The molecule has 3 N–H and O–H groups in total. The molecule has 22 heavy (non-hydrogen) atoms. The molecule has 0 unspecified atom stereocenters. The van der Waals surface area contributed by atoms with Crippen molar-refractivity contribution in [3.63, 3.8) is 0 Å². The minimum absolute atomic E-state index is 0.0945. The SMILES string of the molecule is Cc1cc(Cl)ccc1NC(=O)C(=O)NCCCC(C)(C)CO. The van der Waals surface area contributed by atoms with Crippen LogP contribution in [0.15, 0.2) is 18.2 Å². The molecule has 0 aliphatic carbocycles. The number of halogens is 1. The van der Waals surface area contributed by atoms with Crippen LogP contribution in [-0.2, 0) is 9.59 Å². The fourth-order valence-electron chi connectivity index (χ4n) is 1.87. The summed E-state index contributed by atoms with van der Waals surface area (Å²) in [5, 5.41) is 14.8. The number of benzene rings is 1. The Morgan fingerprint density at radius 3 is 2.55 bits per heavy atom. The Kier molecular flexibility index (Phi) is 6.84. The highest BCUT2D eigenvalue weighted by Crippen LogP contribution is 2.20. The molecule has 1 aromatic rings. The highest BCUT2D eigenvalue weighted by atomic mass is 35.5. The largest absolute Gasteiger partial charge is 0.396 e. The van der Waals surface area contributed by atoms with Gasteiger partial charge in [-0.1, -0.05) is 25.4 Å². The minimum atomic E-state index is -0.702. The minimum Gasteiger partial charge on any atom is -0.396 e. The van der Waals surface area contributed by atoms with E-state index in [0.29, 0.717) is 23.7 Å². The zero-order chi connectivity index (χ0) is 16.8. The second kappa shape index (κ2) is 8.15. The van der Waals surface area contributed by atoms with E-state index in [4.69, 9.17) is 16.7 Å². The molecule has 0 atom stereocenters. The molecule has 2 amide bonds. The third-order valence-electron chi connectivity index (χ3n) is 3.39. The Morgan fingerprint density at radius 2 is 1.95 bits per heavy atom. The predicted molar refractivity (Wildman–Crippen MR) is 87.9 cm³/mol. The standard InChI is InChI=1S/C16H23ClN2O3/c1-11-9-12(17)5-6-13(11)19-15(22)14(21)18-8-4-7-16(2,3)10-20/h5-6,9,20H,4,7-8,10H2,1-3H3,(H,18,21)(H,19,22). The van der Waals surface area contributed by atoms with E-state index >= 15 is 0 Å². The third kappa shape index (κ3) is 6.03. The van der Waals surface area contributed by atoms with Crippen molar-refractivity contribution >= 4 is 29.1 Å². The van der Waals surface area contributed by atoms with Crippen molar-refractivity contribution in [1.82, 2.24) is 5.32 Å². The van der Waals surface area contributed by atoms with E-state index in [1.807, 2.05) is 13.8 Å². The van der Waals surface area contributed by atoms with E-state index < -0.39 is 11.8 Å². The summed E-state index contributed by atoms with van der Waals surface area (Å²) < 4.78 is 0. The maximum Gasteiger partial charge on any atom is 0.313 e. The van der Waals surface area contributed by atoms with Crippen molar-refractivity contribution in [2.75, 3.05) is 18.5 Å². The topological polar surface area (TPSA) is 78.4 Å². The van der Waals surface area contributed by atoms with E-state index in [1.54, 1.807) is 25.1 Å². The molecule has 0 spiro atoms. The Bertz CT molecular complexity index is 544. The first kappa shape index (κ1) is 18.5. The number of nitrogens with one attached hydrogen (secondary N) is 2. The van der Waals surface area contributed by atoms with Crippen molar-refractivity contribution in [1.29, 1.82) is 0 Å². The molecular formula is C16H23ClN2O3. The van der Waals surface area contributed by atoms with Gasteiger partial charge in [0.2, 0.25) is 0 Å². The van der Waals surface area contributed by atoms with E-state index in [1.165, 1.54) is 0 Å². The number of hydrogen-bond acceptors (Lipinski definition) is 3. The summed E-state index contributed by atoms with van der Waals surface area (Å²) in [6, 6.07) is 5.03. The van der Waals surface area contributed by atoms with Crippen LogP contribution in [0.5, 0.6) is 0 Å². The zero-order valence-corrected chi connectivity index (χ0v) is 14.0. The van der Waals surface area contributed by atoms with Crippen molar-refractivity contribution < 1.29 is 14.7 Å². The number of rotatable bonds is 6. The van der Waals surface area contributed by atoms with Gasteiger partial charge in [0, 0.05) is 23.9 Å². The van der Waals surface area contributed by atoms with Gasteiger partial charge >= 0.3 is 11.8 Å². The molecule has 0 bridgehead atoms. The van der Waals surface area contributed by atoms with Crippen LogP contribution in [-0.4, -0.2) is 30.1 Å². The van der Waals surface area contributed by atoms with Gasteiger partial charge in [0.05, 0.1) is 0 Å². The van der Waals surface area contributed by atoms with E-state index in [2.05, 4.69) is 10.6 Å². The molecule has 1 rings (SSSR count). The molecule has 5 nitrogen and oxygen atoms in total. The molecule has 0 radical (unpaired) electrons. The number of carbonyl (C=O) groups excluding carboxylic acids is 2. The summed E-state index contributed by atoms with van der Waals surface area (Å²) in [7, 11) is 0. The maximum absolute atomic E-state index is 11.8. The van der Waals surface area contributed by atoms with E-state index in [9.17, 15) is 9.59 Å². The first-order chi connectivity index (χ1) is 10.2. The quantitative estimate of drug-likeness (QED) is 0.555. The summed E-state index contributed by atoms with van der Waals surface area (Å²) in [5.41, 5.74) is 1.18. The summed E-state index contributed by atoms with van der Waals surface area (Å²) >= 11 is 5.84. The van der Waals surface area contributed by atoms with Crippen molar-refractivity contribution in [3.8, 4) is 0 Å². The van der Waals surface area contributed by atoms with Crippen LogP contribution in [0.1, 0.15) is 32.3 Å². The second-order valence-corrected chi connectivity index (χ2v) is 6.53. The fraction of sp³-hybridized carbons (Fsp3) is 0.500. The van der Waals surface area contributed by atoms with Crippen LogP contribution in [0.25, 0.3) is 0 Å². The molecule has 1 aromatic carbocycles. The average Bonchev–Trinajstić information content (AvgIpc) is 2.46. The Morgan fingerprint density at radius 1 is 1.27 bits per heavy atom. The summed E-state index contributed by atoms with van der Waals surface area (Å²) in [4.78, 5) is 23.5. The average molecular weight is 327 g/mol. The molecule has 0 aromatic heterocycles. The van der Waals surface area contributed by atoms with Crippen LogP contribution in [0.2, 0.25) is 5.02 Å². The van der Waals surface area contributed by atoms with Gasteiger partial charge in [-0.15, -0.1) is 0 Å². The highest BCUT2D eigenvalue weighted by molar-refractivity contribution is 6.39. The van der Waals surface area contributed by atoms with Gasteiger partial charge in [0.1, 0.15) is 0 Å². The summed E-state index contributed by atoms with van der Waals surface area (Å²) in [6.07, 6.45) is 1.47. The number of amides is 2. The second-order valence-electron chi connectivity index (χ2n) is 6.10. The van der Waals surface area contributed by atoms with Gasteiger partial charge in [-0.3, -0.25) is 9.59 Å². The maximum atomic E-state index is 11.8. The van der Waals surface area contributed by atoms with Crippen LogP contribution < -0.4 is 10.6 Å².